The van der Waals surface area contributed by atoms with Crippen LogP contribution in [-0.2, 0) is 14.6 Å². The molecule has 0 aromatic heterocycles. The summed E-state index contributed by atoms with van der Waals surface area (Å²) in [4.78, 5) is 0. The highest BCUT2D eigenvalue weighted by Gasteiger charge is 2.13. The summed E-state index contributed by atoms with van der Waals surface area (Å²) in [5.41, 5.74) is -0.747. The van der Waals surface area contributed by atoms with Gasteiger partial charge in [-0.05, 0) is 26.8 Å². The lowest BCUT2D eigenvalue weighted by atomic mass is 10.2. The fraction of sp³-hybridized carbons (Fsp3) is 0.750. The SMILES string of the molecule is CC(C)(C#N)OS.O=S(=O)(O)O. The third-order valence-corrected chi connectivity index (χ3v) is 0.954. The normalized spacial score (nSPS) is 11.0. The van der Waals surface area contributed by atoms with Crippen LogP contribution < -0.4 is 0 Å². The molecule has 6 nitrogen and oxygen atoms in total. The van der Waals surface area contributed by atoms with Gasteiger partial charge in [0.15, 0.2) is 5.60 Å². The van der Waals surface area contributed by atoms with Crippen molar-refractivity contribution in [1.82, 2.24) is 0 Å². The molecule has 0 heterocycles. The minimum atomic E-state index is -4.67. The maximum atomic E-state index is 8.74. The van der Waals surface area contributed by atoms with Crippen molar-refractivity contribution in [3.8, 4) is 6.07 Å². The van der Waals surface area contributed by atoms with Gasteiger partial charge in [-0.25, -0.2) is 0 Å². The Hall–Kier alpha value is -0.330. The number of thiol groups is 1. The predicted molar refractivity (Wildman–Crippen MR) is 43.9 cm³/mol. The van der Waals surface area contributed by atoms with E-state index in [1.54, 1.807) is 13.8 Å². The molecule has 0 rings (SSSR count). The number of rotatable bonds is 1. The van der Waals surface area contributed by atoms with Crippen LogP contribution in [0.25, 0.3) is 0 Å². The van der Waals surface area contributed by atoms with Crippen LogP contribution in [0.1, 0.15) is 13.8 Å². The Morgan fingerprint density at radius 3 is 1.75 bits per heavy atom. The number of hydrogen-bond acceptors (Lipinski definition) is 5. The van der Waals surface area contributed by atoms with Gasteiger partial charge in [-0.1, -0.05) is 0 Å². The van der Waals surface area contributed by atoms with E-state index in [0.717, 1.165) is 0 Å². The lowest BCUT2D eigenvalue weighted by Gasteiger charge is -2.08. The lowest BCUT2D eigenvalue weighted by molar-refractivity contribution is 0.213. The highest BCUT2D eigenvalue weighted by Crippen LogP contribution is 2.07. The van der Waals surface area contributed by atoms with Crippen LogP contribution in [0.2, 0.25) is 0 Å². The first-order valence-electron chi connectivity index (χ1n) is 2.56. The van der Waals surface area contributed by atoms with Crippen molar-refractivity contribution in [2.24, 2.45) is 0 Å². The average Bonchev–Trinajstić information content (AvgIpc) is 1.85. The summed E-state index contributed by atoms with van der Waals surface area (Å²) in [7, 11) is -4.67. The van der Waals surface area contributed by atoms with Gasteiger partial charge in [0, 0.05) is 0 Å². The Kier molecular flexibility index (Phi) is 6.32. The first-order valence-corrected chi connectivity index (χ1v) is 4.32. The minimum absolute atomic E-state index is 0.747. The van der Waals surface area contributed by atoms with Crippen molar-refractivity contribution in [3.63, 3.8) is 0 Å². The van der Waals surface area contributed by atoms with Crippen LogP contribution >= 0.6 is 12.9 Å². The largest absolute Gasteiger partial charge is 0.394 e. The van der Waals surface area contributed by atoms with Crippen LogP contribution in [0.4, 0.5) is 0 Å². The molecule has 0 aliphatic carbocycles. The molecule has 0 amide bonds. The van der Waals surface area contributed by atoms with Crippen molar-refractivity contribution in [2.45, 2.75) is 19.4 Å². The summed E-state index contributed by atoms with van der Waals surface area (Å²) >= 11 is 3.46. The molecular weight excluding hydrogens is 206 g/mol. The number of hydrogen-bond donors (Lipinski definition) is 3. The van der Waals surface area contributed by atoms with Gasteiger partial charge < -0.3 is 0 Å². The van der Waals surface area contributed by atoms with E-state index >= 15 is 0 Å². The molecule has 0 saturated heterocycles. The minimum Gasteiger partial charge on any atom is -0.298 e. The second-order valence-corrected chi connectivity index (χ2v) is 3.24. The van der Waals surface area contributed by atoms with Gasteiger partial charge >= 0.3 is 10.4 Å². The summed E-state index contributed by atoms with van der Waals surface area (Å²) in [6, 6.07) is 1.89. The third-order valence-electron chi connectivity index (χ3n) is 0.497. The van der Waals surface area contributed by atoms with E-state index in [0.29, 0.717) is 0 Å². The molecule has 0 aromatic rings. The maximum absolute atomic E-state index is 8.74. The second kappa shape index (κ2) is 5.34. The maximum Gasteiger partial charge on any atom is 0.394 e. The van der Waals surface area contributed by atoms with Crippen LogP contribution in [0.15, 0.2) is 0 Å². The molecule has 0 bridgehead atoms. The van der Waals surface area contributed by atoms with E-state index in [1.807, 2.05) is 6.07 Å². The summed E-state index contributed by atoms with van der Waals surface area (Å²) in [6.07, 6.45) is 0. The van der Waals surface area contributed by atoms with Crippen molar-refractivity contribution in [1.29, 1.82) is 5.26 Å². The van der Waals surface area contributed by atoms with Gasteiger partial charge in [0.1, 0.15) is 0 Å². The van der Waals surface area contributed by atoms with E-state index in [1.165, 1.54) is 0 Å². The highest BCUT2D eigenvalue weighted by molar-refractivity contribution is 7.79. The topological polar surface area (TPSA) is 108 Å². The molecular formula is C4H9NO5S2. The Morgan fingerprint density at radius 1 is 1.50 bits per heavy atom. The van der Waals surface area contributed by atoms with Gasteiger partial charge in [-0.2, -0.15) is 13.7 Å². The second-order valence-electron chi connectivity index (χ2n) is 2.16. The van der Waals surface area contributed by atoms with Crippen molar-refractivity contribution in [3.05, 3.63) is 0 Å². The third kappa shape index (κ3) is 22.6. The molecule has 0 aliphatic rings. The van der Waals surface area contributed by atoms with E-state index in [-0.39, 0.29) is 0 Å². The average molecular weight is 215 g/mol. The van der Waals surface area contributed by atoms with E-state index in [2.05, 4.69) is 17.1 Å². The zero-order valence-electron chi connectivity index (χ0n) is 6.42. The Morgan fingerprint density at radius 2 is 1.75 bits per heavy atom. The Labute approximate surface area is 76.3 Å². The van der Waals surface area contributed by atoms with Gasteiger partial charge in [-0.15, -0.1) is 0 Å². The fourth-order valence-corrected chi connectivity index (χ4v) is 0.0612. The highest BCUT2D eigenvalue weighted by atomic mass is 32.3. The van der Waals surface area contributed by atoms with Crippen molar-refractivity contribution in [2.75, 3.05) is 0 Å². The molecule has 12 heavy (non-hydrogen) atoms. The molecule has 0 spiro atoms. The lowest BCUT2D eigenvalue weighted by Crippen LogP contribution is -2.15. The van der Waals surface area contributed by atoms with Gasteiger partial charge in [0.25, 0.3) is 0 Å². The predicted octanol–water partition coefficient (Wildman–Crippen LogP) is 0.497. The van der Waals surface area contributed by atoms with Gasteiger partial charge in [0.2, 0.25) is 0 Å². The molecule has 2 N–H and O–H groups in total. The zero-order valence-corrected chi connectivity index (χ0v) is 8.13. The van der Waals surface area contributed by atoms with Crippen molar-refractivity contribution < 1.29 is 21.7 Å². The monoisotopic (exact) mass is 215 g/mol. The summed E-state index contributed by atoms with van der Waals surface area (Å²) in [5, 5.41) is 8.17. The van der Waals surface area contributed by atoms with Crippen LogP contribution in [0.3, 0.4) is 0 Å². The smallest absolute Gasteiger partial charge is 0.298 e. The number of nitrogens with zero attached hydrogens (tertiary/aromatic N) is 1. The molecule has 0 radical (unpaired) electrons. The Bertz CT molecular complexity index is 243. The van der Waals surface area contributed by atoms with Crippen LogP contribution in [0, 0.1) is 11.3 Å². The molecule has 0 aromatic carbocycles. The molecule has 8 heteroatoms. The Balaban J connectivity index is 0. The standard InChI is InChI=1S/C4H7NOS.H2O4S/c1-4(2,3-5)6-7;1-5(2,3)4/h7H,1-2H3;(H2,1,2,3,4). The van der Waals surface area contributed by atoms with Gasteiger partial charge in [-0.3, -0.25) is 13.3 Å². The summed E-state index contributed by atoms with van der Waals surface area (Å²) in [6.45, 7) is 3.28. The summed E-state index contributed by atoms with van der Waals surface area (Å²) in [5.74, 6) is 0. The first kappa shape index (κ1) is 14.2. The molecule has 0 fully saturated rings. The van der Waals surface area contributed by atoms with Crippen LogP contribution in [0.5, 0.6) is 0 Å². The summed E-state index contributed by atoms with van der Waals surface area (Å²) < 4.78 is 36.0. The first-order chi connectivity index (χ1) is 5.12. The fourth-order valence-electron chi connectivity index (χ4n) is 0.0204. The molecule has 0 unspecified atom stereocenters. The zero-order chi connectivity index (χ0) is 10.4. The van der Waals surface area contributed by atoms with Gasteiger partial charge in [0.05, 0.1) is 6.07 Å². The van der Waals surface area contributed by atoms with Crippen molar-refractivity contribution >= 4 is 23.3 Å². The van der Waals surface area contributed by atoms with E-state index in [4.69, 9.17) is 22.8 Å². The van der Waals surface area contributed by atoms with E-state index < -0.39 is 16.0 Å². The van der Waals surface area contributed by atoms with Crippen LogP contribution in [-0.4, -0.2) is 23.1 Å². The molecule has 0 atom stereocenters. The quantitative estimate of drug-likeness (QED) is 0.334. The molecule has 72 valence electrons. The molecule has 0 aliphatic heterocycles. The van der Waals surface area contributed by atoms with E-state index in [9.17, 15) is 0 Å². The number of nitriles is 1. The molecule has 0 saturated carbocycles.